The van der Waals surface area contributed by atoms with Gasteiger partial charge in [-0.1, -0.05) is 64.8 Å². The summed E-state index contributed by atoms with van der Waals surface area (Å²) in [4.78, 5) is 16.9. The van der Waals surface area contributed by atoms with E-state index in [-0.39, 0.29) is 11.7 Å². The number of halogens is 2. The van der Waals surface area contributed by atoms with Crippen LogP contribution in [0.2, 0.25) is 10.0 Å². The normalized spacial score (nSPS) is 11.0. The summed E-state index contributed by atoms with van der Waals surface area (Å²) in [6, 6.07) is 13.3. The minimum Gasteiger partial charge on any atom is -0.305 e. The van der Waals surface area contributed by atoms with Crippen LogP contribution >= 0.6 is 46.3 Å². The summed E-state index contributed by atoms with van der Waals surface area (Å²) in [5.74, 6) is 0.621. The molecule has 0 bridgehead atoms. The molecule has 0 spiro atoms. The second-order valence-corrected chi connectivity index (χ2v) is 9.37. The molecule has 6 nitrogen and oxygen atoms in total. The van der Waals surface area contributed by atoms with E-state index in [2.05, 4.69) is 20.5 Å². The molecule has 2 aromatic carbocycles. The van der Waals surface area contributed by atoms with Gasteiger partial charge in [0, 0.05) is 28.6 Å². The first kappa shape index (κ1) is 21.8. The van der Waals surface area contributed by atoms with Crippen LogP contribution in [-0.4, -0.2) is 31.4 Å². The van der Waals surface area contributed by atoms with Crippen molar-refractivity contribution < 1.29 is 4.79 Å². The van der Waals surface area contributed by atoms with E-state index in [9.17, 15) is 4.79 Å². The van der Waals surface area contributed by atoms with Crippen LogP contribution < -0.4 is 5.32 Å². The Bertz CT molecular complexity index is 1240. The lowest BCUT2D eigenvalue weighted by atomic mass is 10.1. The highest BCUT2D eigenvalue weighted by atomic mass is 35.5. The Morgan fingerprint density at radius 3 is 2.68 bits per heavy atom. The molecule has 4 rings (SSSR count). The van der Waals surface area contributed by atoms with Crippen LogP contribution in [0.3, 0.4) is 0 Å². The molecule has 1 amide bonds. The Labute approximate surface area is 197 Å². The predicted octanol–water partition coefficient (Wildman–Crippen LogP) is 5.95. The van der Waals surface area contributed by atoms with Crippen LogP contribution in [-0.2, 0) is 11.8 Å². The van der Waals surface area contributed by atoms with Crippen LogP contribution in [0.1, 0.15) is 5.56 Å². The highest BCUT2D eigenvalue weighted by Crippen LogP contribution is 2.31. The zero-order valence-electron chi connectivity index (χ0n) is 16.6. The molecule has 0 aliphatic rings. The maximum Gasteiger partial charge on any atom is 0.236 e. The molecule has 10 heteroatoms. The molecule has 0 unspecified atom stereocenters. The van der Waals surface area contributed by atoms with Crippen molar-refractivity contribution in [1.82, 2.24) is 19.7 Å². The second kappa shape index (κ2) is 9.40. The minimum atomic E-state index is -0.163. The molecule has 0 fully saturated rings. The molecule has 0 aliphatic heterocycles. The van der Waals surface area contributed by atoms with Gasteiger partial charge in [-0.25, -0.2) is 4.98 Å². The first-order valence-corrected chi connectivity index (χ1v) is 11.8. The van der Waals surface area contributed by atoms with Crippen molar-refractivity contribution in [2.24, 2.45) is 7.05 Å². The molecular formula is C21H17Cl2N5OS2. The maximum absolute atomic E-state index is 12.4. The zero-order valence-corrected chi connectivity index (χ0v) is 19.7. The summed E-state index contributed by atoms with van der Waals surface area (Å²) < 4.78 is 1.80. The Morgan fingerprint density at radius 1 is 1.16 bits per heavy atom. The first-order valence-electron chi connectivity index (χ1n) is 9.21. The lowest BCUT2D eigenvalue weighted by Crippen LogP contribution is -2.14. The van der Waals surface area contributed by atoms with E-state index >= 15 is 0 Å². The van der Waals surface area contributed by atoms with E-state index in [1.165, 1.54) is 28.7 Å². The van der Waals surface area contributed by atoms with Crippen LogP contribution in [0.15, 0.2) is 53.0 Å². The monoisotopic (exact) mass is 489 g/mol. The Kier molecular flexibility index (Phi) is 6.62. The first-order chi connectivity index (χ1) is 14.9. The standard InChI is InChI=1S/C21H17Cl2N5OS2/c1-12-3-5-13(6-4-12)17-10-30-20(24-17)25-18(29)11-31-21-27-26-19(28(21)2)15-8-7-14(22)9-16(15)23/h3-10H,11H2,1-2H3,(H,24,25,29). The number of carbonyl (C=O) groups excluding carboxylic acids is 1. The topological polar surface area (TPSA) is 72.7 Å². The van der Waals surface area contributed by atoms with Gasteiger partial charge in [-0.05, 0) is 25.1 Å². The molecular weight excluding hydrogens is 473 g/mol. The third-order valence-corrected chi connectivity index (χ3v) is 6.76. The van der Waals surface area contributed by atoms with Crippen molar-refractivity contribution in [1.29, 1.82) is 0 Å². The predicted molar refractivity (Wildman–Crippen MR) is 128 cm³/mol. The fourth-order valence-electron chi connectivity index (χ4n) is 2.82. The largest absolute Gasteiger partial charge is 0.305 e. The van der Waals surface area contributed by atoms with E-state index in [1.54, 1.807) is 22.8 Å². The van der Waals surface area contributed by atoms with E-state index in [1.807, 2.05) is 43.6 Å². The third kappa shape index (κ3) is 5.10. The summed E-state index contributed by atoms with van der Waals surface area (Å²) in [5.41, 5.74) is 3.77. The molecule has 31 heavy (non-hydrogen) atoms. The van der Waals surface area contributed by atoms with Crippen molar-refractivity contribution in [3.05, 3.63) is 63.5 Å². The fraction of sp³-hybridized carbons (Fsp3) is 0.143. The third-order valence-electron chi connectivity index (χ3n) is 4.44. The van der Waals surface area contributed by atoms with Crippen molar-refractivity contribution in [3.63, 3.8) is 0 Å². The van der Waals surface area contributed by atoms with E-state index in [0.717, 1.165) is 16.8 Å². The maximum atomic E-state index is 12.4. The Morgan fingerprint density at radius 2 is 1.94 bits per heavy atom. The SMILES string of the molecule is Cc1ccc(-c2csc(NC(=O)CSc3nnc(-c4ccc(Cl)cc4Cl)n3C)n2)cc1. The number of nitrogens with zero attached hydrogens (tertiary/aromatic N) is 4. The van der Waals surface area contributed by atoms with E-state index in [0.29, 0.717) is 26.2 Å². The van der Waals surface area contributed by atoms with Gasteiger partial charge >= 0.3 is 0 Å². The van der Waals surface area contributed by atoms with Gasteiger partial charge in [0.05, 0.1) is 16.5 Å². The van der Waals surface area contributed by atoms with Crippen LogP contribution in [0.4, 0.5) is 5.13 Å². The zero-order chi connectivity index (χ0) is 22.0. The van der Waals surface area contributed by atoms with Crippen molar-refractivity contribution in [3.8, 4) is 22.6 Å². The number of rotatable bonds is 6. The van der Waals surface area contributed by atoms with Gasteiger partial charge in [-0.3, -0.25) is 4.79 Å². The van der Waals surface area contributed by atoms with Gasteiger partial charge in [0.2, 0.25) is 5.91 Å². The molecule has 4 aromatic rings. The molecule has 2 heterocycles. The Hall–Kier alpha value is -2.39. The summed E-state index contributed by atoms with van der Waals surface area (Å²) >= 11 is 14.9. The lowest BCUT2D eigenvalue weighted by molar-refractivity contribution is -0.113. The number of thioether (sulfide) groups is 1. The number of carbonyl (C=O) groups is 1. The number of nitrogens with one attached hydrogen (secondary N) is 1. The summed E-state index contributed by atoms with van der Waals surface area (Å²) in [6.45, 7) is 2.04. The van der Waals surface area contributed by atoms with Crippen molar-refractivity contribution in [2.75, 3.05) is 11.1 Å². The molecule has 0 aliphatic carbocycles. The lowest BCUT2D eigenvalue weighted by Gasteiger charge is -2.06. The van der Waals surface area contributed by atoms with Gasteiger partial charge in [0.25, 0.3) is 0 Å². The van der Waals surface area contributed by atoms with E-state index in [4.69, 9.17) is 23.2 Å². The molecule has 1 N–H and O–H groups in total. The number of thiazole rings is 1. The quantitative estimate of drug-likeness (QED) is 0.338. The summed E-state index contributed by atoms with van der Waals surface area (Å²) in [7, 11) is 1.83. The molecule has 2 aromatic heterocycles. The number of amides is 1. The molecule has 158 valence electrons. The number of hydrogen-bond acceptors (Lipinski definition) is 6. The molecule has 0 saturated carbocycles. The molecule has 0 saturated heterocycles. The van der Waals surface area contributed by atoms with Gasteiger partial charge in [0.1, 0.15) is 0 Å². The minimum absolute atomic E-state index is 0.163. The summed E-state index contributed by atoms with van der Waals surface area (Å²) in [5, 5.41) is 15.4. The number of anilines is 1. The van der Waals surface area contributed by atoms with Crippen molar-refractivity contribution in [2.45, 2.75) is 12.1 Å². The molecule has 0 radical (unpaired) electrons. The second-order valence-electron chi connectivity index (χ2n) is 6.73. The summed E-state index contributed by atoms with van der Waals surface area (Å²) in [6.07, 6.45) is 0. The smallest absolute Gasteiger partial charge is 0.236 e. The van der Waals surface area contributed by atoms with Crippen LogP contribution in [0.25, 0.3) is 22.6 Å². The van der Waals surface area contributed by atoms with Gasteiger partial charge in [-0.2, -0.15) is 0 Å². The van der Waals surface area contributed by atoms with Gasteiger partial charge < -0.3 is 9.88 Å². The number of benzene rings is 2. The molecule has 0 atom stereocenters. The fourth-order valence-corrected chi connectivity index (χ4v) is 4.76. The number of hydrogen-bond donors (Lipinski definition) is 1. The highest BCUT2D eigenvalue weighted by molar-refractivity contribution is 7.99. The number of aryl methyl sites for hydroxylation is 1. The van der Waals surface area contributed by atoms with Gasteiger partial charge in [0.15, 0.2) is 16.1 Å². The average Bonchev–Trinajstić information content (AvgIpc) is 3.34. The number of aromatic nitrogens is 4. The van der Waals surface area contributed by atoms with Crippen molar-refractivity contribution >= 4 is 57.3 Å². The average molecular weight is 490 g/mol. The van der Waals surface area contributed by atoms with Crippen LogP contribution in [0.5, 0.6) is 0 Å². The van der Waals surface area contributed by atoms with Gasteiger partial charge in [-0.15, -0.1) is 21.5 Å². The Balaban J connectivity index is 1.38. The van der Waals surface area contributed by atoms with E-state index < -0.39 is 0 Å². The highest BCUT2D eigenvalue weighted by Gasteiger charge is 2.16. The van der Waals surface area contributed by atoms with Crippen LogP contribution in [0, 0.1) is 6.92 Å².